The van der Waals surface area contributed by atoms with E-state index in [2.05, 4.69) is 50.3 Å². The lowest BCUT2D eigenvalue weighted by molar-refractivity contribution is -0.870. The fourth-order valence-corrected chi connectivity index (χ4v) is 6.19. The third kappa shape index (κ3) is 39.7. The van der Waals surface area contributed by atoms with Gasteiger partial charge >= 0.3 is 13.8 Å². The van der Waals surface area contributed by atoms with E-state index >= 15 is 0 Å². The van der Waals surface area contributed by atoms with E-state index in [0.717, 1.165) is 38.5 Å². The van der Waals surface area contributed by atoms with Gasteiger partial charge in [-0.3, -0.25) is 13.8 Å². The Morgan fingerprint density at radius 3 is 1.56 bits per heavy atom. The largest absolute Gasteiger partial charge is 0.472 e. The van der Waals surface area contributed by atoms with Gasteiger partial charge < -0.3 is 18.9 Å². The average Bonchev–Trinajstić information content (AvgIpc) is 3.09. The molecule has 0 amide bonds. The van der Waals surface area contributed by atoms with Crippen LogP contribution in [0, 0.1) is 0 Å². The molecule has 0 radical (unpaired) electrons. The summed E-state index contributed by atoms with van der Waals surface area (Å²) in [6.07, 6.45) is 43.1. The van der Waals surface area contributed by atoms with E-state index in [0.29, 0.717) is 24.1 Å². The molecule has 0 heterocycles. The molecule has 52 heavy (non-hydrogen) atoms. The van der Waals surface area contributed by atoms with Gasteiger partial charge in [0.1, 0.15) is 19.3 Å². The van der Waals surface area contributed by atoms with Crippen molar-refractivity contribution in [2.75, 3.05) is 54.1 Å². The summed E-state index contributed by atoms with van der Waals surface area (Å²) in [6, 6.07) is 0. The first-order valence-corrected chi connectivity index (χ1v) is 22.4. The molecule has 304 valence electrons. The van der Waals surface area contributed by atoms with Gasteiger partial charge in [-0.1, -0.05) is 165 Å². The Morgan fingerprint density at radius 1 is 0.615 bits per heavy atom. The van der Waals surface area contributed by atoms with E-state index in [1.54, 1.807) is 0 Å². The van der Waals surface area contributed by atoms with Crippen LogP contribution in [-0.2, 0) is 27.9 Å². The number of hydrogen-bond acceptors (Lipinski definition) is 6. The second-order valence-electron chi connectivity index (χ2n) is 15.0. The van der Waals surface area contributed by atoms with Gasteiger partial charge in [0, 0.05) is 13.0 Å². The number of unbranched alkanes of at least 4 members (excludes halogenated alkanes) is 16. The molecular formula is C43H81NO7P+. The Hall–Kier alpha value is -1.54. The fourth-order valence-electron chi connectivity index (χ4n) is 5.45. The molecule has 0 aromatic rings. The maximum Gasteiger partial charge on any atom is 0.472 e. The second kappa shape index (κ2) is 36.4. The number of likely N-dealkylation sites (N-methyl/N-ethyl adjacent to an activating group) is 1. The van der Waals surface area contributed by atoms with Crippen LogP contribution in [0.1, 0.15) is 162 Å². The first-order chi connectivity index (χ1) is 25.1. The summed E-state index contributed by atoms with van der Waals surface area (Å²) in [6.45, 7) is 5.41. The first kappa shape index (κ1) is 50.5. The molecule has 2 atom stereocenters. The highest BCUT2D eigenvalue weighted by Gasteiger charge is 2.26. The Balaban J connectivity index is 4.31. The van der Waals surface area contributed by atoms with Gasteiger partial charge in [0.15, 0.2) is 0 Å². The minimum Gasteiger partial charge on any atom is -0.457 e. The molecule has 0 rings (SSSR count). The molecule has 0 saturated carbocycles. The van der Waals surface area contributed by atoms with Crippen molar-refractivity contribution in [3.63, 3.8) is 0 Å². The van der Waals surface area contributed by atoms with Gasteiger partial charge in [-0.05, 0) is 38.5 Å². The molecule has 1 N–H and O–H groups in total. The smallest absolute Gasteiger partial charge is 0.457 e. The van der Waals surface area contributed by atoms with Crippen LogP contribution in [0.25, 0.3) is 0 Å². The number of ether oxygens (including phenoxy) is 2. The maximum atomic E-state index is 12.6. The van der Waals surface area contributed by atoms with Crippen LogP contribution in [0.3, 0.4) is 0 Å². The van der Waals surface area contributed by atoms with Crippen LogP contribution in [0.4, 0.5) is 0 Å². The Morgan fingerprint density at radius 2 is 1.08 bits per heavy atom. The number of hydrogen-bond donors (Lipinski definition) is 1. The molecule has 0 saturated heterocycles. The molecule has 0 spiro atoms. The number of phosphoric ester groups is 1. The highest BCUT2D eigenvalue weighted by molar-refractivity contribution is 7.47. The van der Waals surface area contributed by atoms with Gasteiger partial charge in [0.25, 0.3) is 0 Å². The number of quaternary nitrogens is 1. The van der Waals surface area contributed by atoms with E-state index in [4.69, 9.17) is 18.5 Å². The molecule has 0 bridgehead atoms. The summed E-state index contributed by atoms with van der Waals surface area (Å²) < 4.78 is 34.8. The lowest BCUT2D eigenvalue weighted by Crippen LogP contribution is -2.37. The van der Waals surface area contributed by atoms with Crippen LogP contribution in [0.15, 0.2) is 48.6 Å². The number of carbonyl (C=O) groups excluding carboxylic acids is 1. The number of carbonyl (C=O) groups is 1. The third-order valence-corrected chi connectivity index (χ3v) is 9.65. The quantitative estimate of drug-likeness (QED) is 0.0221. The highest BCUT2D eigenvalue weighted by atomic mass is 31.2. The predicted molar refractivity (Wildman–Crippen MR) is 219 cm³/mol. The summed E-state index contributed by atoms with van der Waals surface area (Å²) in [5.74, 6) is -0.392. The normalized spacial score (nSPS) is 14.3. The number of nitrogens with zero attached hydrogens (tertiary/aromatic N) is 1. The van der Waals surface area contributed by atoms with E-state index < -0.39 is 19.9 Å². The van der Waals surface area contributed by atoms with Crippen molar-refractivity contribution in [3.05, 3.63) is 48.6 Å². The zero-order chi connectivity index (χ0) is 38.4. The van der Waals surface area contributed by atoms with Gasteiger partial charge in [0.05, 0.1) is 34.4 Å². The van der Waals surface area contributed by atoms with Crippen molar-refractivity contribution < 1.29 is 37.3 Å². The molecule has 0 aliphatic rings. The summed E-state index contributed by atoms with van der Waals surface area (Å²) in [7, 11) is 1.62. The fraction of sp³-hybridized carbons (Fsp3) is 0.791. The van der Waals surface area contributed by atoms with Crippen LogP contribution < -0.4 is 0 Å². The molecule has 9 heteroatoms. The van der Waals surface area contributed by atoms with Crippen molar-refractivity contribution in [2.45, 2.75) is 168 Å². The van der Waals surface area contributed by atoms with Gasteiger partial charge in [0.2, 0.25) is 0 Å². The van der Waals surface area contributed by atoms with Crippen LogP contribution in [-0.4, -0.2) is 75.6 Å². The average molecular weight is 755 g/mol. The molecule has 0 aliphatic carbocycles. The van der Waals surface area contributed by atoms with Crippen LogP contribution in [0.5, 0.6) is 0 Å². The van der Waals surface area contributed by atoms with Crippen molar-refractivity contribution in [3.8, 4) is 0 Å². The predicted octanol–water partition coefficient (Wildman–Crippen LogP) is 12.0. The number of esters is 1. The summed E-state index contributed by atoms with van der Waals surface area (Å²) in [5, 5.41) is 0. The van der Waals surface area contributed by atoms with E-state index in [-0.39, 0.29) is 26.2 Å². The van der Waals surface area contributed by atoms with Crippen molar-refractivity contribution in [2.24, 2.45) is 0 Å². The third-order valence-electron chi connectivity index (χ3n) is 8.67. The Bertz CT molecular complexity index is 973. The summed E-state index contributed by atoms with van der Waals surface area (Å²) >= 11 is 0. The van der Waals surface area contributed by atoms with Crippen molar-refractivity contribution >= 4 is 13.8 Å². The minimum absolute atomic E-state index is 0.0758. The minimum atomic E-state index is -4.29. The maximum absolute atomic E-state index is 12.6. The van der Waals surface area contributed by atoms with E-state index in [9.17, 15) is 14.3 Å². The van der Waals surface area contributed by atoms with Crippen LogP contribution in [0.2, 0.25) is 0 Å². The SMILES string of the molecule is CC/C=C\C/C=C\C/C=C\C/C=C\CCC(=O)OC(COCCCCCCCCCCCCCCCCCCC)COP(=O)(O)OCC[N+](C)(C)C. The number of allylic oxidation sites excluding steroid dienone is 8. The van der Waals surface area contributed by atoms with E-state index in [1.807, 2.05) is 33.3 Å². The summed E-state index contributed by atoms with van der Waals surface area (Å²) in [5.41, 5.74) is 0. The van der Waals surface area contributed by atoms with Gasteiger partial charge in [-0.2, -0.15) is 0 Å². The first-order valence-electron chi connectivity index (χ1n) is 20.9. The Labute approximate surface area is 320 Å². The zero-order valence-corrected chi connectivity index (χ0v) is 35.2. The molecule has 0 aromatic carbocycles. The number of rotatable bonds is 38. The zero-order valence-electron chi connectivity index (χ0n) is 34.3. The molecule has 0 aromatic heterocycles. The monoisotopic (exact) mass is 755 g/mol. The second-order valence-corrected chi connectivity index (χ2v) is 16.4. The highest BCUT2D eigenvalue weighted by Crippen LogP contribution is 2.43. The van der Waals surface area contributed by atoms with Crippen LogP contribution >= 0.6 is 7.82 Å². The van der Waals surface area contributed by atoms with Crippen molar-refractivity contribution in [1.29, 1.82) is 0 Å². The molecule has 0 fully saturated rings. The molecular weight excluding hydrogens is 673 g/mol. The summed E-state index contributed by atoms with van der Waals surface area (Å²) in [4.78, 5) is 22.8. The number of phosphoric acid groups is 1. The Kier molecular flexibility index (Phi) is 35.4. The van der Waals surface area contributed by atoms with Gasteiger partial charge in [-0.25, -0.2) is 4.57 Å². The van der Waals surface area contributed by atoms with E-state index in [1.165, 1.54) is 96.3 Å². The topological polar surface area (TPSA) is 91.3 Å². The molecule has 2 unspecified atom stereocenters. The lowest BCUT2D eigenvalue weighted by Gasteiger charge is -2.24. The standard InChI is InChI=1S/C43H80NO7P/c1-6-8-10-12-14-16-18-20-21-22-23-25-27-29-31-33-35-38-48-40-42(41-50-52(46,47)49-39-37-44(3,4)5)51-43(45)36-34-32-30-28-26-24-19-17-15-13-11-9-7-2/h9,11,15,17,24,26,30,32,42H,6-8,10,12-14,16,18-23,25,27-29,31,33-41H2,1-5H3/p+1/b11-9-,17-15-,26-24-,32-30-. The molecule has 0 aliphatic heterocycles. The molecule has 8 nitrogen and oxygen atoms in total. The van der Waals surface area contributed by atoms with Gasteiger partial charge in [-0.15, -0.1) is 0 Å². The lowest BCUT2D eigenvalue weighted by atomic mass is 10.0. The van der Waals surface area contributed by atoms with Crippen molar-refractivity contribution in [1.82, 2.24) is 0 Å².